The fourth-order valence-corrected chi connectivity index (χ4v) is 0.574. The first-order chi connectivity index (χ1) is 4.70. The number of rotatable bonds is 1. The molecule has 12 heavy (non-hydrogen) atoms. The summed E-state index contributed by atoms with van der Waals surface area (Å²) in [5.41, 5.74) is -0.0159. The first-order valence-electron chi connectivity index (χ1n) is 2.63. The van der Waals surface area contributed by atoms with E-state index in [9.17, 15) is 10.1 Å². The SMILES string of the molecule is O=[N+]([O-])c1ccc(O)cc1.[Cs+].[F-]. The minimum absolute atomic E-state index is 0. The summed E-state index contributed by atoms with van der Waals surface area (Å²) in [4.78, 5) is 9.52. The van der Waals surface area contributed by atoms with Crippen molar-refractivity contribution in [3.05, 3.63) is 34.4 Å². The van der Waals surface area contributed by atoms with Gasteiger partial charge >= 0.3 is 68.9 Å². The third-order valence-corrected chi connectivity index (χ3v) is 1.06. The predicted octanol–water partition coefficient (Wildman–Crippen LogP) is -4.69. The van der Waals surface area contributed by atoms with Crippen molar-refractivity contribution in [1.82, 2.24) is 0 Å². The summed E-state index contributed by atoms with van der Waals surface area (Å²) in [6.07, 6.45) is 0. The van der Waals surface area contributed by atoms with Gasteiger partial charge in [0.05, 0.1) is 4.92 Å². The maximum absolute atomic E-state index is 10.0. The zero-order chi connectivity index (χ0) is 7.56. The number of hydrogen-bond acceptors (Lipinski definition) is 3. The Balaban J connectivity index is 0. The monoisotopic (exact) mass is 291 g/mol. The molecule has 0 fully saturated rings. The van der Waals surface area contributed by atoms with Crippen molar-refractivity contribution < 1.29 is 83.6 Å². The van der Waals surface area contributed by atoms with Crippen molar-refractivity contribution in [3.63, 3.8) is 0 Å². The molecular formula is C6H5CsFNO3. The Bertz CT molecular complexity index is 251. The van der Waals surface area contributed by atoms with Crippen LogP contribution < -0.4 is 73.6 Å². The zero-order valence-corrected chi connectivity index (χ0v) is 12.7. The van der Waals surface area contributed by atoms with Crippen LogP contribution in [0.3, 0.4) is 0 Å². The number of nitro groups is 1. The molecule has 0 unspecified atom stereocenters. The van der Waals surface area contributed by atoms with Crippen molar-refractivity contribution in [3.8, 4) is 5.75 Å². The van der Waals surface area contributed by atoms with Crippen LogP contribution in [0.4, 0.5) is 5.69 Å². The van der Waals surface area contributed by atoms with E-state index in [-0.39, 0.29) is 85.0 Å². The van der Waals surface area contributed by atoms with Crippen LogP contribution in [0.25, 0.3) is 0 Å². The number of halogens is 1. The van der Waals surface area contributed by atoms with Gasteiger partial charge in [0.15, 0.2) is 0 Å². The summed E-state index contributed by atoms with van der Waals surface area (Å²) < 4.78 is 0. The molecule has 0 radical (unpaired) electrons. The van der Waals surface area contributed by atoms with Gasteiger partial charge in [0.1, 0.15) is 5.75 Å². The Hall–Kier alpha value is 0.402. The van der Waals surface area contributed by atoms with Gasteiger partial charge in [-0.15, -0.1) is 0 Å². The van der Waals surface area contributed by atoms with Crippen molar-refractivity contribution in [2.45, 2.75) is 0 Å². The molecule has 1 rings (SSSR count). The normalized spacial score (nSPS) is 7.67. The quantitative estimate of drug-likeness (QED) is 0.418. The van der Waals surface area contributed by atoms with Crippen LogP contribution >= 0.6 is 0 Å². The summed E-state index contributed by atoms with van der Waals surface area (Å²) in [5.74, 6) is 0.0330. The maximum Gasteiger partial charge on any atom is 1.00 e. The van der Waals surface area contributed by atoms with E-state index >= 15 is 0 Å². The molecular weight excluding hydrogens is 286 g/mol. The molecule has 4 nitrogen and oxygen atoms in total. The predicted molar refractivity (Wildman–Crippen MR) is 34.8 cm³/mol. The summed E-state index contributed by atoms with van der Waals surface area (Å²) >= 11 is 0. The Labute approximate surface area is 127 Å². The van der Waals surface area contributed by atoms with Crippen molar-refractivity contribution in [2.75, 3.05) is 0 Å². The second-order valence-electron chi connectivity index (χ2n) is 1.77. The van der Waals surface area contributed by atoms with E-state index in [0.717, 1.165) is 0 Å². The zero-order valence-electron chi connectivity index (χ0n) is 6.40. The van der Waals surface area contributed by atoms with Gasteiger partial charge in [-0.25, -0.2) is 0 Å². The largest absolute Gasteiger partial charge is 1.00 e. The van der Waals surface area contributed by atoms with Gasteiger partial charge in [-0.05, 0) is 12.1 Å². The van der Waals surface area contributed by atoms with Gasteiger partial charge < -0.3 is 9.81 Å². The molecule has 0 atom stereocenters. The third kappa shape index (κ3) is 4.43. The number of hydrogen-bond donors (Lipinski definition) is 1. The van der Waals surface area contributed by atoms with Crippen LogP contribution in [0.5, 0.6) is 5.75 Å². The van der Waals surface area contributed by atoms with Gasteiger partial charge in [-0.1, -0.05) is 0 Å². The van der Waals surface area contributed by atoms with Crippen LogP contribution in [0.1, 0.15) is 0 Å². The number of nitrogens with zero attached hydrogens (tertiary/aromatic N) is 1. The number of non-ortho nitro benzene ring substituents is 1. The Morgan fingerprint density at radius 2 is 1.67 bits per heavy atom. The van der Waals surface area contributed by atoms with Crippen LogP contribution in [0, 0.1) is 10.1 Å². The van der Waals surface area contributed by atoms with Gasteiger partial charge in [-0.3, -0.25) is 10.1 Å². The van der Waals surface area contributed by atoms with E-state index in [1.165, 1.54) is 24.3 Å². The van der Waals surface area contributed by atoms with Crippen LogP contribution in [-0.2, 0) is 0 Å². The van der Waals surface area contributed by atoms with Gasteiger partial charge in [0.2, 0.25) is 0 Å². The first kappa shape index (κ1) is 14.9. The molecule has 0 spiro atoms. The van der Waals surface area contributed by atoms with E-state index in [0.29, 0.717) is 0 Å². The molecule has 0 bridgehead atoms. The standard InChI is InChI=1S/C6H5NO3.Cs.FH/c8-6-3-1-5(2-4-6)7(9)10;;/h1-4,8H;;1H/q;+1;/p-1. The fourth-order valence-electron chi connectivity index (χ4n) is 0.574. The molecule has 1 N–H and O–H groups in total. The molecule has 0 aliphatic heterocycles. The molecule has 0 aliphatic carbocycles. The molecule has 0 saturated heterocycles. The second kappa shape index (κ2) is 6.87. The third-order valence-electron chi connectivity index (χ3n) is 1.06. The number of nitro benzene ring substituents is 1. The molecule has 60 valence electrons. The van der Waals surface area contributed by atoms with Gasteiger partial charge in [0, 0.05) is 12.1 Å². The van der Waals surface area contributed by atoms with Crippen molar-refractivity contribution in [2.24, 2.45) is 0 Å². The average Bonchev–Trinajstić information content (AvgIpc) is 1.88. The summed E-state index contributed by atoms with van der Waals surface area (Å²) in [6.45, 7) is 0. The summed E-state index contributed by atoms with van der Waals surface area (Å²) in [7, 11) is 0. The minimum atomic E-state index is -0.514. The molecule has 0 saturated carbocycles. The molecule has 6 heteroatoms. The number of phenolic OH excluding ortho intramolecular Hbond substituents is 1. The molecule has 0 heterocycles. The average molecular weight is 291 g/mol. The smallest absolute Gasteiger partial charge is 1.00 e. The Morgan fingerprint density at radius 3 is 2.00 bits per heavy atom. The molecule has 0 aromatic heterocycles. The number of benzene rings is 1. The molecule has 1 aromatic carbocycles. The van der Waals surface area contributed by atoms with Gasteiger partial charge in [0.25, 0.3) is 5.69 Å². The van der Waals surface area contributed by atoms with Crippen LogP contribution in [0.15, 0.2) is 24.3 Å². The van der Waals surface area contributed by atoms with E-state index in [4.69, 9.17) is 5.11 Å². The summed E-state index contributed by atoms with van der Waals surface area (Å²) in [5, 5.41) is 18.8. The topological polar surface area (TPSA) is 63.4 Å². The second-order valence-corrected chi connectivity index (χ2v) is 1.77. The molecule has 0 amide bonds. The Morgan fingerprint density at radius 1 is 1.25 bits per heavy atom. The van der Waals surface area contributed by atoms with Crippen LogP contribution in [-0.4, -0.2) is 10.0 Å². The molecule has 0 aliphatic rings. The fraction of sp³-hybridized carbons (Fsp3) is 0. The van der Waals surface area contributed by atoms with Crippen molar-refractivity contribution in [1.29, 1.82) is 0 Å². The number of aromatic hydroxyl groups is 1. The minimum Gasteiger partial charge on any atom is -1.00 e. The van der Waals surface area contributed by atoms with E-state index < -0.39 is 4.92 Å². The number of phenols is 1. The Kier molecular flexibility index (Phi) is 8.53. The first-order valence-corrected chi connectivity index (χ1v) is 2.63. The van der Waals surface area contributed by atoms with E-state index in [1.807, 2.05) is 0 Å². The van der Waals surface area contributed by atoms with Crippen LogP contribution in [0.2, 0.25) is 0 Å². The van der Waals surface area contributed by atoms with E-state index in [2.05, 4.69) is 0 Å². The van der Waals surface area contributed by atoms with Gasteiger partial charge in [-0.2, -0.15) is 0 Å². The van der Waals surface area contributed by atoms with E-state index in [1.54, 1.807) is 0 Å². The summed E-state index contributed by atoms with van der Waals surface area (Å²) in [6, 6.07) is 5.04. The maximum atomic E-state index is 10.0. The molecule has 1 aromatic rings. The van der Waals surface area contributed by atoms with Crippen molar-refractivity contribution >= 4 is 5.69 Å².